The van der Waals surface area contributed by atoms with Crippen LogP contribution in [0.2, 0.25) is 0 Å². The number of ether oxygens (including phenoxy) is 1. The fourth-order valence-electron chi connectivity index (χ4n) is 2.49. The fourth-order valence-corrected chi connectivity index (χ4v) is 2.85. The number of hydrogen-bond donors (Lipinski definition) is 1. The molecule has 2 rings (SSSR count). The number of carbonyl (C=O) groups is 1. The van der Waals surface area contributed by atoms with E-state index in [1.54, 1.807) is 0 Å². The summed E-state index contributed by atoms with van der Waals surface area (Å²) in [5.41, 5.74) is 0.101. The number of benzene rings is 1. The third kappa shape index (κ3) is 4.13. The van der Waals surface area contributed by atoms with Gasteiger partial charge in [0.05, 0.1) is 0 Å². The molecule has 19 heavy (non-hydrogen) atoms. The van der Waals surface area contributed by atoms with Crippen LogP contribution in [0.4, 0.5) is 0 Å². The van der Waals surface area contributed by atoms with Crippen LogP contribution in [0.5, 0.6) is 5.75 Å². The van der Waals surface area contributed by atoms with Crippen LogP contribution >= 0.6 is 11.6 Å². The van der Waals surface area contributed by atoms with Gasteiger partial charge in [-0.15, -0.1) is 11.6 Å². The lowest BCUT2D eigenvalue weighted by Gasteiger charge is -2.26. The van der Waals surface area contributed by atoms with E-state index in [-0.39, 0.29) is 17.9 Å². The predicted molar refractivity (Wildman–Crippen MR) is 76.6 cm³/mol. The van der Waals surface area contributed by atoms with E-state index in [1.165, 1.54) is 12.8 Å². The van der Waals surface area contributed by atoms with Gasteiger partial charge < -0.3 is 10.1 Å². The molecule has 3 nitrogen and oxygen atoms in total. The molecular weight excluding hydrogens is 262 g/mol. The molecule has 1 saturated carbocycles. The molecule has 1 fully saturated rings. The summed E-state index contributed by atoms with van der Waals surface area (Å²) in [6.45, 7) is 0.718. The molecule has 0 spiro atoms. The third-order valence-electron chi connectivity index (χ3n) is 3.72. The Bertz CT molecular complexity index is 402. The van der Waals surface area contributed by atoms with Crippen LogP contribution in [0.3, 0.4) is 0 Å². The first-order valence-electron chi connectivity index (χ1n) is 6.75. The second-order valence-electron chi connectivity index (χ2n) is 5.22. The molecule has 0 aliphatic heterocycles. The van der Waals surface area contributed by atoms with Gasteiger partial charge in [-0.25, -0.2) is 0 Å². The highest BCUT2D eigenvalue weighted by atomic mass is 35.5. The summed E-state index contributed by atoms with van der Waals surface area (Å²) in [7, 11) is 0. The molecule has 0 bridgehead atoms. The monoisotopic (exact) mass is 281 g/mol. The van der Waals surface area contributed by atoms with E-state index < -0.39 is 0 Å². The first-order chi connectivity index (χ1) is 9.24. The molecule has 1 N–H and O–H groups in total. The Labute approximate surface area is 119 Å². The molecule has 0 saturated heterocycles. The van der Waals surface area contributed by atoms with Gasteiger partial charge in [0, 0.05) is 17.8 Å². The summed E-state index contributed by atoms with van der Waals surface area (Å²) in [6, 6.07) is 9.36. The number of hydrogen-bond acceptors (Lipinski definition) is 2. The van der Waals surface area contributed by atoms with E-state index >= 15 is 0 Å². The number of rotatable bonds is 6. The molecule has 0 unspecified atom stereocenters. The van der Waals surface area contributed by atoms with Crippen molar-refractivity contribution in [1.29, 1.82) is 0 Å². The van der Waals surface area contributed by atoms with Gasteiger partial charge >= 0.3 is 0 Å². The third-order valence-corrected chi connectivity index (χ3v) is 4.29. The zero-order valence-corrected chi connectivity index (χ0v) is 11.8. The zero-order valence-electron chi connectivity index (χ0n) is 11.0. The lowest BCUT2D eigenvalue weighted by Crippen LogP contribution is -2.39. The van der Waals surface area contributed by atoms with Crippen LogP contribution < -0.4 is 10.1 Å². The van der Waals surface area contributed by atoms with Crippen molar-refractivity contribution in [2.45, 2.75) is 25.7 Å². The Kier molecular flexibility index (Phi) is 5.08. The zero-order chi connectivity index (χ0) is 13.6. The number of para-hydroxylation sites is 1. The smallest absolute Gasteiger partial charge is 0.257 e. The number of nitrogens with one attached hydrogen (secondary N) is 1. The van der Waals surface area contributed by atoms with Gasteiger partial charge in [-0.3, -0.25) is 4.79 Å². The standard InChI is InChI=1S/C15H20ClNO2/c16-11-15(8-4-5-9-15)12-17-14(18)10-19-13-6-2-1-3-7-13/h1-3,6-7H,4-5,8-12H2,(H,17,18). The highest BCUT2D eigenvalue weighted by Gasteiger charge is 2.33. The van der Waals surface area contributed by atoms with E-state index in [9.17, 15) is 4.79 Å². The van der Waals surface area contributed by atoms with Gasteiger partial charge in [0.25, 0.3) is 5.91 Å². The van der Waals surface area contributed by atoms with E-state index in [0.29, 0.717) is 18.2 Å². The summed E-state index contributed by atoms with van der Waals surface area (Å²) < 4.78 is 5.40. The molecule has 0 atom stereocenters. The largest absolute Gasteiger partial charge is 0.484 e. The molecule has 4 heteroatoms. The van der Waals surface area contributed by atoms with Gasteiger partial charge in [0.15, 0.2) is 6.61 Å². The van der Waals surface area contributed by atoms with Gasteiger partial charge in [-0.2, -0.15) is 0 Å². The summed E-state index contributed by atoms with van der Waals surface area (Å²) >= 11 is 6.04. The first-order valence-corrected chi connectivity index (χ1v) is 7.28. The minimum absolute atomic E-state index is 0.0579. The van der Waals surface area contributed by atoms with Gasteiger partial charge in [-0.05, 0) is 25.0 Å². The van der Waals surface area contributed by atoms with Gasteiger partial charge in [0.1, 0.15) is 5.75 Å². The van der Waals surface area contributed by atoms with Gasteiger partial charge in [-0.1, -0.05) is 31.0 Å². The summed E-state index contributed by atoms with van der Waals surface area (Å²) in [6.07, 6.45) is 4.64. The van der Waals surface area contributed by atoms with Crippen molar-refractivity contribution in [3.8, 4) is 5.75 Å². The average molecular weight is 282 g/mol. The number of carbonyl (C=O) groups excluding carboxylic acids is 1. The van der Waals surface area contributed by atoms with E-state index in [4.69, 9.17) is 16.3 Å². The number of halogens is 1. The van der Waals surface area contributed by atoms with Crippen molar-refractivity contribution < 1.29 is 9.53 Å². The van der Waals surface area contributed by atoms with Crippen molar-refractivity contribution in [3.63, 3.8) is 0 Å². The Balaban J connectivity index is 1.72. The highest BCUT2D eigenvalue weighted by molar-refractivity contribution is 6.18. The van der Waals surface area contributed by atoms with E-state index in [1.807, 2.05) is 30.3 Å². The molecule has 1 aromatic rings. The Morgan fingerprint density at radius 3 is 2.58 bits per heavy atom. The minimum atomic E-state index is -0.0831. The van der Waals surface area contributed by atoms with Crippen LogP contribution in [0.15, 0.2) is 30.3 Å². The van der Waals surface area contributed by atoms with Crippen molar-refractivity contribution in [3.05, 3.63) is 30.3 Å². The summed E-state index contributed by atoms with van der Waals surface area (Å²) in [4.78, 5) is 11.8. The Morgan fingerprint density at radius 2 is 1.95 bits per heavy atom. The second-order valence-corrected chi connectivity index (χ2v) is 5.49. The Hall–Kier alpha value is -1.22. The molecule has 0 heterocycles. The quantitative estimate of drug-likeness (QED) is 0.814. The topological polar surface area (TPSA) is 38.3 Å². The Morgan fingerprint density at radius 1 is 1.26 bits per heavy atom. The maximum absolute atomic E-state index is 11.8. The van der Waals surface area contributed by atoms with Crippen LogP contribution in [0.1, 0.15) is 25.7 Å². The minimum Gasteiger partial charge on any atom is -0.484 e. The SMILES string of the molecule is O=C(COc1ccccc1)NCC1(CCl)CCCC1. The van der Waals surface area contributed by atoms with Crippen LogP contribution in [-0.4, -0.2) is 24.9 Å². The van der Waals surface area contributed by atoms with Crippen molar-refractivity contribution in [1.82, 2.24) is 5.32 Å². The number of amides is 1. The van der Waals surface area contributed by atoms with Crippen LogP contribution in [-0.2, 0) is 4.79 Å². The lowest BCUT2D eigenvalue weighted by molar-refractivity contribution is -0.123. The van der Waals surface area contributed by atoms with Crippen molar-refractivity contribution in [2.75, 3.05) is 19.0 Å². The van der Waals surface area contributed by atoms with Crippen LogP contribution in [0, 0.1) is 5.41 Å². The van der Waals surface area contributed by atoms with E-state index in [0.717, 1.165) is 12.8 Å². The first kappa shape index (κ1) is 14.2. The van der Waals surface area contributed by atoms with Crippen LogP contribution in [0.25, 0.3) is 0 Å². The molecule has 0 aromatic heterocycles. The summed E-state index contributed by atoms with van der Waals surface area (Å²) in [5, 5.41) is 2.94. The maximum Gasteiger partial charge on any atom is 0.257 e. The molecular formula is C15H20ClNO2. The molecule has 1 amide bonds. The average Bonchev–Trinajstić information content (AvgIpc) is 2.93. The predicted octanol–water partition coefficient (Wildman–Crippen LogP) is 2.98. The normalized spacial score (nSPS) is 17.1. The fraction of sp³-hybridized carbons (Fsp3) is 0.533. The van der Waals surface area contributed by atoms with Crippen molar-refractivity contribution >= 4 is 17.5 Å². The highest BCUT2D eigenvalue weighted by Crippen LogP contribution is 2.38. The molecule has 1 aromatic carbocycles. The lowest BCUT2D eigenvalue weighted by atomic mass is 9.88. The molecule has 0 radical (unpaired) electrons. The van der Waals surface area contributed by atoms with Crippen molar-refractivity contribution in [2.24, 2.45) is 5.41 Å². The van der Waals surface area contributed by atoms with Gasteiger partial charge in [0.2, 0.25) is 0 Å². The van der Waals surface area contributed by atoms with E-state index in [2.05, 4.69) is 5.32 Å². The maximum atomic E-state index is 11.8. The molecule has 104 valence electrons. The molecule has 1 aliphatic rings. The number of alkyl halides is 1. The summed E-state index contributed by atoms with van der Waals surface area (Å²) in [5.74, 6) is 1.25. The molecule has 1 aliphatic carbocycles. The second kappa shape index (κ2) is 6.80.